The molecule has 0 heterocycles. The molecule has 5 N–H and O–H groups in total. The standard InChI is InChI=1S/C15H20N2O.ClH/c16-8-2-1-3-15(17)13-5-4-12-10-14(18)7-6-11(12)9-13;/h4-7,9-10,15,18H,1-3,8,16-17H2;1H/t15-;/m0./s1. The molecule has 2 rings (SSSR count). The maximum Gasteiger partial charge on any atom is 0.116 e. The summed E-state index contributed by atoms with van der Waals surface area (Å²) in [5, 5.41) is 11.6. The van der Waals surface area contributed by atoms with Crippen molar-refractivity contribution in [2.75, 3.05) is 6.54 Å². The van der Waals surface area contributed by atoms with E-state index in [-0.39, 0.29) is 18.4 Å². The zero-order valence-corrected chi connectivity index (χ0v) is 11.7. The lowest BCUT2D eigenvalue weighted by Gasteiger charge is -2.12. The Kier molecular flexibility index (Phi) is 6.09. The highest BCUT2D eigenvalue weighted by atomic mass is 35.5. The van der Waals surface area contributed by atoms with Gasteiger partial charge < -0.3 is 16.6 Å². The quantitative estimate of drug-likeness (QED) is 0.737. The van der Waals surface area contributed by atoms with E-state index in [1.54, 1.807) is 12.1 Å². The van der Waals surface area contributed by atoms with Crippen LogP contribution in [0.3, 0.4) is 0 Å². The Morgan fingerprint density at radius 3 is 2.42 bits per heavy atom. The molecule has 0 aliphatic carbocycles. The molecule has 0 aliphatic rings. The van der Waals surface area contributed by atoms with E-state index in [2.05, 4.69) is 6.07 Å². The highest BCUT2D eigenvalue weighted by Crippen LogP contribution is 2.24. The third kappa shape index (κ3) is 4.10. The minimum absolute atomic E-state index is 0. The molecule has 0 saturated carbocycles. The molecule has 0 aliphatic heterocycles. The van der Waals surface area contributed by atoms with Crippen LogP contribution in [0.15, 0.2) is 36.4 Å². The average molecular weight is 281 g/mol. The van der Waals surface area contributed by atoms with E-state index in [1.165, 1.54) is 0 Å². The molecule has 0 bridgehead atoms. The van der Waals surface area contributed by atoms with E-state index in [4.69, 9.17) is 11.5 Å². The molecule has 0 radical (unpaired) electrons. The van der Waals surface area contributed by atoms with Gasteiger partial charge in [0.15, 0.2) is 0 Å². The van der Waals surface area contributed by atoms with E-state index in [0.717, 1.165) is 42.1 Å². The lowest BCUT2D eigenvalue weighted by atomic mass is 9.98. The topological polar surface area (TPSA) is 72.3 Å². The SMILES string of the molecule is Cl.NCCCC[C@H](N)c1ccc2cc(O)ccc2c1. The molecular weight excluding hydrogens is 260 g/mol. The molecule has 19 heavy (non-hydrogen) atoms. The molecule has 0 amide bonds. The summed E-state index contributed by atoms with van der Waals surface area (Å²) < 4.78 is 0. The summed E-state index contributed by atoms with van der Waals surface area (Å²) in [4.78, 5) is 0. The van der Waals surface area contributed by atoms with Gasteiger partial charge in [-0.2, -0.15) is 0 Å². The molecule has 2 aromatic carbocycles. The van der Waals surface area contributed by atoms with Crippen molar-refractivity contribution in [3.8, 4) is 5.75 Å². The smallest absolute Gasteiger partial charge is 0.116 e. The van der Waals surface area contributed by atoms with Crippen LogP contribution in [-0.4, -0.2) is 11.7 Å². The molecule has 2 aromatic rings. The van der Waals surface area contributed by atoms with Crippen LogP contribution < -0.4 is 11.5 Å². The Hall–Kier alpha value is -1.29. The van der Waals surface area contributed by atoms with E-state index >= 15 is 0 Å². The van der Waals surface area contributed by atoms with E-state index in [9.17, 15) is 5.11 Å². The summed E-state index contributed by atoms with van der Waals surface area (Å²) in [6.45, 7) is 0.726. The van der Waals surface area contributed by atoms with Crippen molar-refractivity contribution < 1.29 is 5.11 Å². The first-order valence-corrected chi connectivity index (χ1v) is 6.39. The van der Waals surface area contributed by atoms with E-state index < -0.39 is 0 Å². The summed E-state index contributed by atoms with van der Waals surface area (Å²) in [7, 11) is 0. The summed E-state index contributed by atoms with van der Waals surface area (Å²) in [6.07, 6.45) is 3.04. The average Bonchev–Trinajstić information content (AvgIpc) is 2.38. The largest absolute Gasteiger partial charge is 0.508 e. The van der Waals surface area contributed by atoms with Crippen LogP contribution in [0.25, 0.3) is 10.8 Å². The van der Waals surface area contributed by atoms with E-state index in [0.29, 0.717) is 5.75 Å². The van der Waals surface area contributed by atoms with Crippen LogP contribution in [0.2, 0.25) is 0 Å². The first-order valence-electron chi connectivity index (χ1n) is 6.39. The number of halogens is 1. The lowest BCUT2D eigenvalue weighted by Crippen LogP contribution is -2.11. The number of rotatable bonds is 5. The molecule has 0 unspecified atom stereocenters. The van der Waals surface area contributed by atoms with Gasteiger partial charge in [0.1, 0.15) is 5.75 Å². The normalized spacial score (nSPS) is 12.1. The number of nitrogens with two attached hydrogens (primary N) is 2. The monoisotopic (exact) mass is 280 g/mol. The van der Waals surface area contributed by atoms with Crippen LogP contribution >= 0.6 is 12.4 Å². The van der Waals surface area contributed by atoms with Crippen molar-refractivity contribution in [1.82, 2.24) is 0 Å². The summed E-state index contributed by atoms with van der Waals surface area (Å²) >= 11 is 0. The predicted octanol–water partition coefficient (Wildman–Crippen LogP) is 3.10. The number of benzene rings is 2. The number of phenolic OH excluding ortho intramolecular Hbond substituents is 1. The van der Waals surface area contributed by atoms with Gasteiger partial charge in [0.05, 0.1) is 0 Å². The van der Waals surface area contributed by atoms with Gasteiger partial charge in [0.25, 0.3) is 0 Å². The summed E-state index contributed by atoms with van der Waals surface area (Å²) in [6, 6.07) is 11.6. The van der Waals surface area contributed by atoms with Gasteiger partial charge in [-0.25, -0.2) is 0 Å². The molecule has 3 nitrogen and oxygen atoms in total. The van der Waals surface area contributed by atoms with Crippen molar-refractivity contribution in [3.05, 3.63) is 42.0 Å². The number of unbranched alkanes of at least 4 members (excludes halogenated alkanes) is 1. The van der Waals surface area contributed by atoms with Crippen molar-refractivity contribution in [3.63, 3.8) is 0 Å². The minimum Gasteiger partial charge on any atom is -0.508 e. The molecule has 0 fully saturated rings. The van der Waals surface area contributed by atoms with Gasteiger partial charge >= 0.3 is 0 Å². The second-order valence-electron chi connectivity index (χ2n) is 4.68. The number of phenols is 1. The van der Waals surface area contributed by atoms with Crippen LogP contribution in [0.1, 0.15) is 30.9 Å². The van der Waals surface area contributed by atoms with E-state index in [1.807, 2.05) is 18.2 Å². The van der Waals surface area contributed by atoms with Crippen molar-refractivity contribution in [2.45, 2.75) is 25.3 Å². The molecule has 4 heteroatoms. The third-order valence-electron chi connectivity index (χ3n) is 3.25. The van der Waals surface area contributed by atoms with Gasteiger partial charge in [-0.15, -0.1) is 12.4 Å². The Bertz CT molecular complexity index is 531. The van der Waals surface area contributed by atoms with Gasteiger partial charge in [0.2, 0.25) is 0 Å². The lowest BCUT2D eigenvalue weighted by molar-refractivity contribution is 0.476. The fraction of sp³-hybridized carbons (Fsp3) is 0.333. The zero-order chi connectivity index (χ0) is 13.0. The molecule has 0 spiro atoms. The van der Waals surface area contributed by atoms with Crippen molar-refractivity contribution in [2.24, 2.45) is 11.5 Å². The Balaban J connectivity index is 0.00000180. The number of aromatic hydroxyl groups is 1. The highest BCUT2D eigenvalue weighted by molar-refractivity contribution is 5.85. The molecule has 0 aromatic heterocycles. The van der Waals surface area contributed by atoms with Crippen LogP contribution in [0.5, 0.6) is 5.75 Å². The molecular formula is C15H21ClN2O. The predicted molar refractivity (Wildman–Crippen MR) is 82.7 cm³/mol. The molecule has 0 saturated heterocycles. The molecule has 1 atom stereocenters. The highest BCUT2D eigenvalue weighted by Gasteiger charge is 2.06. The van der Waals surface area contributed by atoms with Crippen LogP contribution in [0.4, 0.5) is 0 Å². The first-order chi connectivity index (χ1) is 8.70. The van der Waals surface area contributed by atoms with Crippen molar-refractivity contribution in [1.29, 1.82) is 0 Å². The second kappa shape index (κ2) is 7.34. The first kappa shape index (κ1) is 15.8. The zero-order valence-electron chi connectivity index (χ0n) is 10.9. The maximum absolute atomic E-state index is 9.42. The fourth-order valence-corrected chi connectivity index (χ4v) is 2.16. The second-order valence-corrected chi connectivity index (χ2v) is 4.68. The van der Waals surface area contributed by atoms with Crippen molar-refractivity contribution >= 4 is 23.2 Å². The fourth-order valence-electron chi connectivity index (χ4n) is 2.16. The Morgan fingerprint density at radius 1 is 1.00 bits per heavy atom. The number of hydrogen-bond acceptors (Lipinski definition) is 3. The molecule has 104 valence electrons. The number of fused-ring (bicyclic) bond motifs is 1. The van der Waals surface area contributed by atoms with Gasteiger partial charge in [-0.1, -0.05) is 24.6 Å². The van der Waals surface area contributed by atoms with Gasteiger partial charge in [0, 0.05) is 6.04 Å². The van der Waals surface area contributed by atoms with Crippen LogP contribution in [-0.2, 0) is 0 Å². The third-order valence-corrected chi connectivity index (χ3v) is 3.25. The van der Waals surface area contributed by atoms with Gasteiger partial charge in [-0.05, 0) is 53.9 Å². The van der Waals surface area contributed by atoms with Crippen LogP contribution in [0, 0.1) is 0 Å². The summed E-state index contributed by atoms with van der Waals surface area (Å²) in [5.41, 5.74) is 12.8. The maximum atomic E-state index is 9.42. The van der Waals surface area contributed by atoms with Gasteiger partial charge in [-0.3, -0.25) is 0 Å². The Labute approximate surface area is 120 Å². The Morgan fingerprint density at radius 2 is 1.68 bits per heavy atom. The minimum atomic E-state index is 0. The number of hydrogen-bond donors (Lipinski definition) is 3. The summed E-state index contributed by atoms with van der Waals surface area (Å²) in [5.74, 6) is 0.294.